The van der Waals surface area contributed by atoms with Crippen LogP contribution in [0.15, 0.2) is 5.51 Å². The minimum Gasteiger partial charge on any atom is -0.317 e. The van der Waals surface area contributed by atoms with Crippen molar-refractivity contribution in [1.82, 2.24) is 15.2 Å². The molecule has 1 saturated carbocycles. The van der Waals surface area contributed by atoms with Crippen LogP contribution in [0.1, 0.15) is 36.3 Å². The van der Waals surface area contributed by atoms with E-state index in [4.69, 9.17) is 0 Å². The Kier molecular flexibility index (Phi) is 5.15. The summed E-state index contributed by atoms with van der Waals surface area (Å²) in [5, 5.41) is 3.49. The lowest BCUT2D eigenvalue weighted by atomic mass is 9.84. The van der Waals surface area contributed by atoms with Gasteiger partial charge in [-0.1, -0.05) is 12.8 Å². The van der Waals surface area contributed by atoms with E-state index in [9.17, 15) is 0 Å². The first-order valence-corrected chi connectivity index (χ1v) is 7.83. The van der Waals surface area contributed by atoms with Crippen LogP contribution >= 0.6 is 11.3 Å². The summed E-state index contributed by atoms with van der Waals surface area (Å²) in [5.41, 5.74) is 3.15. The maximum atomic E-state index is 4.33. The third-order valence-electron chi connectivity index (χ3n) is 4.08. The van der Waals surface area contributed by atoms with E-state index in [-0.39, 0.29) is 0 Å². The number of nitrogens with zero attached hydrogens (tertiary/aromatic N) is 2. The molecule has 1 aromatic heterocycles. The van der Waals surface area contributed by atoms with Crippen molar-refractivity contribution in [1.29, 1.82) is 0 Å². The minimum atomic E-state index is 0.712. The predicted molar refractivity (Wildman–Crippen MR) is 78.0 cm³/mol. The molecule has 0 amide bonds. The van der Waals surface area contributed by atoms with E-state index in [0.29, 0.717) is 6.04 Å². The number of hydrogen-bond donors (Lipinski definition) is 1. The van der Waals surface area contributed by atoms with Gasteiger partial charge in [-0.3, -0.25) is 0 Å². The van der Waals surface area contributed by atoms with E-state index in [1.807, 2.05) is 5.51 Å². The monoisotopic (exact) mass is 267 g/mol. The van der Waals surface area contributed by atoms with Gasteiger partial charge in [0.05, 0.1) is 11.2 Å². The average Bonchev–Trinajstić information content (AvgIpc) is 2.75. The molecule has 0 spiro atoms. The lowest BCUT2D eigenvalue weighted by Gasteiger charge is -2.34. The summed E-state index contributed by atoms with van der Waals surface area (Å²) in [4.78, 5) is 8.20. The smallest absolute Gasteiger partial charge is 0.0798 e. The summed E-state index contributed by atoms with van der Waals surface area (Å²) in [6.07, 6.45) is 5.50. The molecule has 3 nitrogen and oxygen atoms in total. The van der Waals surface area contributed by atoms with Crippen molar-refractivity contribution >= 4 is 11.3 Å². The van der Waals surface area contributed by atoms with E-state index >= 15 is 0 Å². The van der Waals surface area contributed by atoms with Crippen molar-refractivity contribution < 1.29 is 0 Å². The topological polar surface area (TPSA) is 28.2 Å². The molecule has 1 aromatic rings. The molecular weight excluding hydrogens is 242 g/mol. The number of thiazole rings is 1. The van der Waals surface area contributed by atoms with Gasteiger partial charge < -0.3 is 10.2 Å². The summed E-state index contributed by atoms with van der Waals surface area (Å²) >= 11 is 1.78. The molecule has 102 valence electrons. The van der Waals surface area contributed by atoms with Crippen LogP contribution in [0.5, 0.6) is 0 Å². The van der Waals surface area contributed by atoms with Crippen LogP contribution in [0.3, 0.4) is 0 Å². The average molecular weight is 267 g/mol. The third kappa shape index (κ3) is 3.53. The molecule has 0 aliphatic heterocycles. The van der Waals surface area contributed by atoms with Crippen LogP contribution in [0.2, 0.25) is 0 Å². The fourth-order valence-corrected chi connectivity index (χ4v) is 3.85. The fraction of sp³-hybridized carbons (Fsp3) is 0.786. The molecule has 1 aliphatic carbocycles. The lowest BCUT2D eigenvalue weighted by molar-refractivity contribution is 0.191. The Hall–Kier alpha value is -0.450. The molecule has 1 N–H and O–H groups in total. The number of aryl methyl sites for hydroxylation is 1. The van der Waals surface area contributed by atoms with Crippen LogP contribution in [-0.2, 0) is 6.54 Å². The maximum absolute atomic E-state index is 4.33. The van der Waals surface area contributed by atoms with Crippen molar-refractivity contribution in [3.05, 3.63) is 16.1 Å². The van der Waals surface area contributed by atoms with Gasteiger partial charge in [0.25, 0.3) is 0 Å². The Morgan fingerprint density at radius 3 is 2.89 bits per heavy atom. The Labute approximate surface area is 115 Å². The molecule has 0 aromatic carbocycles. The molecule has 2 atom stereocenters. The Morgan fingerprint density at radius 2 is 2.22 bits per heavy atom. The van der Waals surface area contributed by atoms with Crippen LogP contribution < -0.4 is 5.32 Å². The predicted octanol–water partition coefficient (Wildman–Crippen LogP) is 2.66. The second-order valence-corrected chi connectivity index (χ2v) is 6.44. The van der Waals surface area contributed by atoms with Crippen molar-refractivity contribution in [2.24, 2.45) is 5.92 Å². The second kappa shape index (κ2) is 6.64. The highest BCUT2D eigenvalue weighted by Gasteiger charge is 2.24. The summed E-state index contributed by atoms with van der Waals surface area (Å²) in [6.45, 7) is 4.35. The number of hydrogen-bond acceptors (Lipinski definition) is 4. The Morgan fingerprint density at radius 1 is 1.44 bits per heavy atom. The zero-order valence-corrected chi connectivity index (χ0v) is 12.6. The SMILES string of the molecule is CNC1CCCCC1CN(C)Cc1scnc1C. The van der Waals surface area contributed by atoms with Crippen molar-refractivity contribution in [3.63, 3.8) is 0 Å². The number of nitrogens with one attached hydrogen (secondary N) is 1. The molecule has 1 fully saturated rings. The largest absolute Gasteiger partial charge is 0.317 e. The Bertz CT molecular complexity index is 364. The molecule has 2 rings (SSSR count). The van der Waals surface area contributed by atoms with Gasteiger partial charge in [0.2, 0.25) is 0 Å². The van der Waals surface area contributed by atoms with Gasteiger partial charge in [-0.2, -0.15) is 0 Å². The molecule has 4 heteroatoms. The van der Waals surface area contributed by atoms with Crippen molar-refractivity contribution in [2.45, 2.75) is 45.2 Å². The molecule has 0 bridgehead atoms. The van der Waals surface area contributed by atoms with E-state index in [1.54, 1.807) is 11.3 Å². The summed E-state index contributed by atoms with van der Waals surface area (Å²) in [6, 6.07) is 0.712. The van der Waals surface area contributed by atoms with Gasteiger partial charge in [0, 0.05) is 24.0 Å². The van der Waals surface area contributed by atoms with Crippen LogP contribution in [0.4, 0.5) is 0 Å². The zero-order valence-electron chi connectivity index (χ0n) is 11.8. The highest BCUT2D eigenvalue weighted by molar-refractivity contribution is 7.09. The first kappa shape index (κ1) is 14.0. The van der Waals surface area contributed by atoms with Gasteiger partial charge in [0.15, 0.2) is 0 Å². The molecular formula is C14H25N3S. The van der Waals surface area contributed by atoms with Gasteiger partial charge in [-0.15, -0.1) is 11.3 Å². The maximum Gasteiger partial charge on any atom is 0.0798 e. The summed E-state index contributed by atoms with van der Waals surface area (Å²) in [5.74, 6) is 0.807. The van der Waals surface area contributed by atoms with Crippen LogP contribution in [0.25, 0.3) is 0 Å². The molecule has 0 radical (unpaired) electrons. The van der Waals surface area contributed by atoms with E-state index in [1.165, 1.54) is 42.8 Å². The molecule has 0 saturated heterocycles. The van der Waals surface area contributed by atoms with Crippen LogP contribution in [-0.4, -0.2) is 36.6 Å². The van der Waals surface area contributed by atoms with E-state index in [0.717, 1.165) is 12.5 Å². The van der Waals surface area contributed by atoms with Crippen molar-refractivity contribution in [3.8, 4) is 0 Å². The van der Waals surface area contributed by atoms with Crippen molar-refractivity contribution in [2.75, 3.05) is 20.6 Å². The number of aromatic nitrogens is 1. The van der Waals surface area contributed by atoms with Gasteiger partial charge in [-0.25, -0.2) is 4.98 Å². The second-order valence-electron chi connectivity index (χ2n) is 5.50. The highest BCUT2D eigenvalue weighted by atomic mass is 32.1. The van der Waals surface area contributed by atoms with E-state index < -0.39 is 0 Å². The molecule has 2 unspecified atom stereocenters. The first-order chi connectivity index (χ1) is 8.70. The normalized spacial score (nSPS) is 24.7. The lowest BCUT2D eigenvalue weighted by Crippen LogP contribution is -2.41. The minimum absolute atomic E-state index is 0.712. The third-order valence-corrected chi connectivity index (χ3v) is 5.00. The first-order valence-electron chi connectivity index (χ1n) is 6.95. The van der Waals surface area contributed by atoms with Gasteiger partial charge in [-0.05, 0) is 39.8 Å². The summed E-state index contributed by atoms with van der Waals surface area (Å²) in [7, 11) is 4.34. The standard InChI is InChI=1S/C14H25N3S/c1-11-14(18-10-16-11)9-17(3)8-12-6-4-5-7-13(12)15-2/h10,12-13,15H,4-9H2,1-3H3. The van der Waals surface area contributed by atoms with Crippen LogP contribution in [0, 0.1) is 12.8 Å². The highest BCUT2D eigenvalue weighted by Crippen LogP contribution is 2.25. The molecule has 1 heterocycles. The zero-order chi connectivity index (χ0) is 13.0. The van der Waals surface area contributed by atoms with E-state index in [2.05, 4.69) is 36.2 Å². The Balaban J connectivity index is 1.86. The quantitative estimate of drug-likeness (QED) is 0.889. The van der Waals surface area contributed by atoms with Gasteiger partial charge in [0.1, 0.15) is 0 Å². The molecule has 18 heavy (non-hydrogen) atoms. The molecule has 1 aliphatic rings. The number of rotatable bonds is 5. The fourth-order valence-electron chi connectivity index (χ4n) is 2.99. The summed E-state index contributed by atoms with van der Waals surface area (Å²) < 4.78 is 0. The van der Waals surface area contributed by atoms with Gasteiger partial charge >= 0.3 is 0 Å².